The predicted octanol–water partition coefficient (Wildman–Crippen LogP) is 2.57. The van der Waals surface area contributed by atoms with Crippen LogP contribution in [-0.4, -0.2) is 31.0 Å². The minimum absolute atomic E-state index is 0.101. The third-order valence-corrected chi connectivity index (χ3v) is 6.73. The highest BCUT2D eigenvalue weighted by molar-refractivity contribution is 7.91. The van der Waals surface area contributed by atoms with Gasteiger partial charge in [0.25, 0.3) is 10.0 Å². The number of rotatable bonds is 3. The van der Waals surface area contributed by atoms with Crippen LogP contribution in [0.2, 0.25) is 4.34 Å². The van der Waals surface area contributed by atoms with Gasteiger partial charge in [-0.3, -0.25) is 0 Å². The molecular weight excluding hydrogens is 308 g/mol. The van der Waals surface area contributed by atoms with E-state index in [2.05, 4.69) is 5.16 Å². The quantitative estimate of drug-likeness (QED) is 0.872. The van der Waals surface area contributed by atoms with Crippen LogP contribution in [0.25, 0.3) is 0 Å². The van der Waals surface area contributed by atoms with Crippen molar-refractivity contribution in [2.45, 2.75) is 16.5 Å². The summed E-state index contributed by atoms with van der Waals surface area (Å²) in [7, 11) is -3.43. The third kappa shape index (κ3) is 2.43. The lowest BCUT2D eigenvalue weighted by molar-refractivity contribution is 0.404. The Labute approximate surface area is 119 Å². The molecule has 0 aliphatic carbocycles. The summed E-state index contributed by atoms with van der Waals surface area (Å²) >= 11 is 6.88. The van der Waals surface area contributed by atoms with Crippen LogP contribution in [0.1, 0.15) is 18.0 Å². The zero-order chi connectivity index (χ0) is 13.5. The fourth-order valence-corrected chi connectivity index (χ4v) is 5.32. The molecule has 5 nitrogen and oxygen atoms in total. The predicted molar refractivity (Wildman–Crippen MR) is 71.9 cm³/mol. The first-order valence-corrected chi connectivity index (χ1v) is 8.36. The Balaban J connectivity index is 1.81. The van der Waals surface area contributed by atoms with E-state index < -0.39 is 10.0 Å². The Morgan fingerprint density at radius 1 is 1.42 bits per heavy atom. The van der Waals surface area contributed by atoms with E-state index in [-0.39, 0.29) is 5.92 Å². The second-order valence-electron chi connectivity index (χ2n) is 4.33. The summed E-state index contributed by atoms with van der Waals surface area (Å²) in [5, 5.41) is 3.88. The van der Waals surface area contributed by atoms with Crippen LogP contribution in [-0.2, 0) is 10.0 Å². The summed E-state index contributed by atoms with van der Waals surface area (Å²) in [5.41, 5.74) is 0.807. The maximum absolute atomic E-state index is 12.4. The van der Waals surface area contributed by atoms with Crippen molar-refractivity contribution in [2.24, 2.45) is 0 Å². The molecule has 0 radical (unpaired) electrons. The normalized spacial score (nSPS) is 21.0. The maximum atomic E-state index is 12.4. The fourth-order valence-electron chi connectivity index (χ4n) is 2.18. The molecule has 0 aromatic carbocycles. The Bertz CT molecular complexity index is 666. The van der Waals surface area contributed by atoms with Gasteiger partial charge in [-0.25, -0.2) is 8.42 Å². The van der Waals surface area contributed by atoms with E-state index in [9.17, 15) is 8.42 Å². The standard InChI is InChI=1S/C11H11ClN2O3S2/c12-10-1-2-11(18-10)19(15,16)14-5-3-8(7-14)9-4-6-17-13-9/h1-2,4,6,8H,3,5,7H2. The first-order valence-electron chi connectivity index (χ1n) is 5.73. The molecule has 1 aliphatic heterocycles. The van der Waals surface area contributed by atoms with Gasteiger partial charge in [-0.15, -0.1) is 11.3 Å². The summed E-state index contributed by atoms with van der Waals surface area (Å²) < 4.78 is 31.8. The van der Waals surface area contributed by atoms with E-state index in [0.717, 1.165) is 23.5 Å². The molecule has 102 valence electrons. The van der Waals surface area contributed by atoms with E-state index >= 15 is 0 Å². The molecule has 2 aromatic rings. The average molecular weight is 319 g/mol. The molecule has 1 fully saturated rings. The highest BCUT2D eigenvalue weighted by Gasteiger charge is 2.34. The molecule has 0 bridgehead atoms. The smallest absolute Gasteiger partial charge is 0.252 e. The second kappa shape index (κ2) is 4.90. The van der Waals surface area contributed by atoms with Gasteiger partial charge in [0.15, 0.2) is 0 Å². The lowest BCUT2D eigenvalue weighted by Gasteiger charge is -2.14. The van der Waals surface area contributed by atoms with Gasteiger partial charge in [-0.1, -0.05) is 16.8 Å². The molecule has 1 saturated heterocycles. The Morgan fingerprint density at radius 3 is 2.89 bits per heavy atom. The monoisotopic (exact) mass is 318 g/mol. The molecule has 8 heteroatoms. The zero-order valence-electron chi connectivity index (χ0n) is 9.82. The van der Waals surface area contributed by atoms with E-state index in [4.69, 9.17) is 16.1 Å². The largest absolute Gasteiger partial charge is 0.365 e. The Morgan fingerprint density at radius 2 is 2.26 bits per heavy atom. The maximum Gasteiger partial charge on any atom is 0.252 e. The van der Waals surface area contributed by atoms with Gasteiger partial charge in [0.2, 0.25) is 0 Å². The topological polar surface area (TPSA) is 63.4 Å². The van der Waals surface area contributed by atoms with Crippen LogP contribution in [0.4, 0.5) is 0 Å². The summed E-state index contributed by atoms with van der Waals surface area (Å²) in [6, 6.07) is 4.93. The third-order valence-electron chi connectivity index (χ3n) is 3.17. The van der Waals surface area contributed by atoms with E-state index in [0.29, 0.717) is 21.6 Å². The lowest BCUT2D eigenvalue weighted by atomic mass is 10.1. The number of nitrogens with zero attached hydrogens (tertiary/aromatic N) is 2. The summed E-state index contributed by atoms with van der Waals surface area (Å²) in [5.74, 6) is 0.101. The van der Waals surface area contributed by atoms with Crippen molar-refractivity contribution in [1.29, 1.82) is 0 Å². The van der Waals surface area contributed by atoms with Gasteiger partial charge in [0.05, 0.1) is 10.0 Å². The van der Waals surface area contributed by atoms with Crippen molar-refractivity contribution < 1.29 is 12.9 Å². The highest BCUT2D eigenvalue weighted by atomic mass is 35.5. The second-order valence-corrected chi connectivity index (χ2v) is 8.21. The number of hydrogen-bond acceptors (Lipinski definition) is 5. The van der Waals surface area contributed by atoms with Gasteiger partial charge in [-0.2, -0.15) is 4.31 Å². The Hall–Kier alpha value is -0.890. The van der Waals surface area contributed by atoms with Crippen molar-refractivity contribution in [2.75, 3.05) is 13.1 Å². The molecule has 1 aliphatic rings. The first-order chi connectivity index (χ1) is 9.07. The molecule has 3 rings (SSSR count). The van der Waals surface area contributed by atoms with Crippen LogP contribution in [0.3, 0.4) is 0 Å². The van der Waals surface area contributed by atoms with Crippen LogP contribution in [0, 0.1) is 0 Å². The SMILES string of the molecule is O=S(=O)(c1ccc(Cl)s1)N1CCC(c2ccon2)C1. The Kier molecular flexibility index (Phi) is 3.38. The molecule has 0 amide bonds. The highest BCUT2D eigenvalue weighted by Crippen LogP contribution is 2.33. The van der Waals surface area contributed by atoms with E-state index in [1.54, 1.807) is 18.2 Å². The van der Waals surface area contributed by atoms with Gasteiger partial charge >= 0.3 is 0 Å². The van der Waals surface area contributed by atoms with Crippen LogP contribution < -0.4 is 0 Å². The molecular formula is C11H11ClN2O3S2. The lowest BCUT2D eigenvalue weighted by Crippen LogP contribution is -2.28. The van der Waals surface area contributed by atoms with E-state index in [1.165, 1.54) is 10.6 Å². The summed E-state index contributed by atoms with van der Waals surface area (Å²) in [6.45, 7) is 0.930. The van der Waals surface area contributed by atoms with Gasteiger partial charge in [0.1, 0.15) is 10.5 Å². The number of hydrogen-bond donors (Lipinski definition) is 0. The first kappa shape index (κ1) is 13.1. The molecule has 1 atom stereocenters. The van der Waals surface area contributed by atoms with Crippen molar-refractivity contribution in [3.8, 4) is 0 Å². The molecule has 0 saturated carbocycles. The number of halogens is 1. The van der Waals surface area contributed by atoms with E-state index in [1.807, 2.05) is 0 Å². The van der Waals surface area contributed by atoms with Crippen molar-refractivity contribution in [3.05, 3.63) is 34.5 Å². The molecule has 0 spiro atoms. The van der Waals surface area contributed by atoms with Crippen LogP contribution in [0.5, 0.6) is 0 Å². The molecule has 2 aromatic heterocycles. The summed E-state index contributed by atoms with van der Waals surface area (Å²) in [4.78, 5) is 0. The minimum atomic E-state index is -3.43. The summed E-state index contributed by atoms with van der Waals surface area (Å²) in [6.07, 6.45) is 2.26. The van der Waals surface area contributed by atoms with Gasteiger partial charge in [0, 0.05) is 25.1 Å². The van der Waals surface area contributed by atoms with Crippen molar-refractivity contribution in [1.82, 2.24) is 9.46 Å². The molecule has 0 N–H and O–H groups in total. The van der Waals surface area contributed by atoms with Crippen molar-refractivity contribution >= 4 is 33.0 Å². The molecule has 1 unspecified atom stereocenters. The van der Waals surface area contributed by atoms with Crippen LogP contribution in [0.15, 0.2) is 33.2 Å². The molecule has 19 heavy (non-hydrogen) atoms. The number of sulfonamides is 1. The number of thiophene rings is 1. The molecule has 3 heterocycles. The van der Waals surface area contributed by atoms with Crippen molar-refractivity contribution in [3.63, 3.8) is 0 Å². The fraction of sp³-hybridized carbons (Fsp3) is 0.364. The van der Waals surface area contributed by atoms with Crippen LogP contribution >= 0.6 is 22.9 Å². The minimum Gasteiger partial charge on any atom is -0.365 e. The number of aromatic nitrogens is 1. The van der Waals surface area contributed by atoms with Gasteiger partial charge < -0.3 is 4.52 Å². The average Bonchev–Trinajstić information content (AvgIpc) is 3.10. The zero-order valence-corrected chi connectivity index (χ0v) is 12.2. The van der Waals surface area contributed by atoms with Gasteiger partial charge in [-0.05, 0) is 18.6 Å².